The summed E-state index contributed by atoms with van der Waals surface area (Å²) in [4.78, 5) is 3.40. The highest BCUT2D eigenvalue weighted by Gasteiger charge is 2.33. The first-order chi connectivity index (χ1) is 8.99. The van der Waals surface area contributed by atoms with Crippen LogP contribution in [-0.4, -0.2) is 23.7 Å². The normalized spacial score (nSPS) is 13.7. The molecule has 0 aliphatic carbocycles. The molecular formula is C11H10ClF5N2S. The van der Waals surface area contributed by atoms with Crippen molar-refractivity contribution in [3.8, 4) is 0 Å². The molecule has 0 saturated carbocycles. The molecule has 0 aliphatic heterocycles. The maximum absolute atomic E-state index is 12.7. The average molecular weight is 333 g/mol. The molecule has 20 heavy (non-hydrogen) atoms. The molecule has 0 amide bonds. The monoisotopic (exact) mass is 332 g/mol. The van der Waals surface area contributed by atoms with Crippen LogP contribution in [0.1, 0.15) is 6.92 Å². The summed E-state index contributed by atoms with van der Waals surface area (Å²) in [5, 5.41) is 0.156. The number of nitrogens with two attached hydrogens (primary N) is 1. The molecule has 0 heterocycles. The molecule has 1 aromatic rings. The van der Waals surface area contributed by atoms with Crippen LogP contribution in [0.15, 0.2) is 28.1 Å². The number of thioether (sulfide) groups is 1. The largest absolute Gasteiger partial charge is 0.448 e. The highest BCUT2D eigenvalue weighted by atomic mass is 35.5. The summed E-state index contributed by atoms with van der Waals surface area (Å²) in [6.07, 6.45) is -4.75. The van der Waals surface area contributed by atoms with Gasteiger partial charge in [0.25, 0.3) is 5.92 Å². The van der Waals surface area contributed by atoms with Crippen molar-refractivity contribution in [1.29, 1.82) is 0 Å². The second-order valence-electron chi connectivity index (χ2n) is 3.97. The van der Waals surface area contributed by atoms with E-state index < -0.39 is 23.7 Å². The van der Waals surface area contributed by atoms with Crippen LogP contribution in [0.5, 0.6) is 0 Å². The van der Waals surface area contributed by atoms with Gasteiger partial charge in [0.2, 0.25) is 5.84 Å². The lowest BCUT2D eigenvalue weighted by Gasteiger charge is -2.11. The van der Waals surface area contributed by atoms with E-state index in [-0.39, 0.29) is 15.6 Å². The molecule has 0 saturated heterocycles. The van der Waals surface area contributed by atoms with Crippen molar-refractivity contribution in [2.45, 2.75) is 23.9 Å². The van der Waals surface area contributed by atoms with Gasteiger partial charge in [0.1, 0.15) is 0 Å². The molecule has 112 valence electrons. The van der Waals surface area contributed by atoms with Gasteiger partial charge in [-0.2, -0.15) is 13.2 Å². The van der Waals surface area contributed by atoms with Crippen molar-refractivity contribution < 1.29 is 22.0 Å². The topological polar surface area (TPSA) is 38.4 Å². The van der Waals surface area contributed by atoms with Gasteiger partial charge in [-0.15, -0.1) is 11.8 Å². The van der Waals surface area contributed by atoms with Gasteiger partial charge in [0.15, 0.2) is 0 Å². The molecule has 0 bridgehead atoms. The van der Waals surface area contributed by atoms with Gasteiger partial charge in [-0.05, 0) is 18.2 Å². The highest BCUT2D eigenvalue weighted by Crippen LogP contribution is 2.34. The van der Waals surface area contributed by atoms with Crippen molar-refractivity contribution >= 4 is 34.9 Å². The zero-order chi connectivity index (χ0) is 15.6. The SMILES string of the molecule is CC(F)(F)CSc1cc(N=C(N)C(F)(F)F)ccc1Cl. The number of hydrogen-bond donors (Lipinski definition) is 1. The van der Waals surface area contributed by atoms with Crippen LogP contribution in [0.2, 0.25) is 5.02 Å². The third-order valence-electron chi connectivity index (χ3n) is 1.94. The number of rotatable bonds is 4. The van der Waals surface area contributed by atoms with E-state index in [0.717, 1.165) is 18.7 Å². The van der Waals surface area contributed by atoms with E-state index in [4.69, 9.17) is 17.3 Å². The summed E-state index contributed by atoms with van der Waals surface area (Å²) in [5.74, 6) is -4.98. The highest BCUT2D eigenvalue weighted by molar-refractivity contribution is 7.99. The van der Waals surface area contributed by atoms with Crippen LogP contribution >= 0.6 is 23.4 Å². The zero-order valence-corrected chi connectivity index (χ0v) is 11.7. The number of alkyl halides is 5. The third-order valence-corrected chi connectivity index (χ3v) is 3.68. The van der Waals surface area contributed by atoms with Gasteiger partial charge in [-0.1, -0.05) is 11.6 Å². The number of hydrogen-bond acceptors (Lipinski definition) is 2. The fraction of sp³-hybridized carbons (Fsp3) is 0.364. The van der Waals surface area contributed by atoms with Crippen LogP contribution in [0.4, 0.5) is 27.6 Å². The van der Waals surface area contributed by atoms with Gasteiger partial charge < -0.3 is 5.73 Å². The third kappa shape index (κ3) is 5.54. The van der Waals surface area contributed by atoms with Gasteiger partial charge in [-0.25, -0.2) is 13.8 Å². The number of amidine groups is 1. The standard InChI is InChI=1S/C11H10ClF5N2S/c1-10(13,14)5-20-8-4-6(2-3-7(8)12)19-9(18)11(15,16)17/h2-4H,5H2,1H3,(H2,18,19). The van der Waals surface area contributed by atoms with Crippen molar-refractivity contribution in [2.75, 3.05) is 5.75 Å². The van der Waals surface area contributed by atoms with Gasteiger partial charge in [0.05, 0.1) is 16.5 Å². The lowest BCUT2D eigenvalue weighted by atomic mass is 10.3. The van der Waals surface area contributed by atoms with Crippen LogP contribution in [0.25, 0.3) is 0 Å². The Balaban J connectivity index is 2.97. The van der Waals surface area contributed by atoms with E-state index in [9.17, 15) is 22.0 Å². The van der Waals surface area contributed by atoms with E-state index >= 15 is 0 Å². The molecule has 1 aromatic carbocycles. The first-order valence-corrected chi connectivity index (χ1v) is 6.57. The summed E-state index contributed by atoms with van der Waals surface area (Å²) >= 11 is 6.51. The molecule has 0 fully saturated rings. The second-order valence-corrected chi connectivity index (χ2v) is 5.39. The maximum atomic E-state index is 12.7. The summed E-state index contributed by atoms with van der Waals surface area (Å²) in [6.45, 7) is 0.734. The van der Waals surface area contributed by atoms with Crippen LogP contribution in [-0.2, 0) is 0 Å². The van der Waals surface area contributed by atoms with E-state index in [2.05, 4.69) is 4.99 Å². The first-order valence-electron chi connectivity index (χ1n) is 5.20. The van der Waals surface area contributed by atoms with Gasteiger partial charge in [0, 0.05) is 11.8 Å². The average Bonchev–Trinajstić information content (AvgIpc) is 2.27. The molecular weight excluding hydrogens is 323 g/mol. The van der Waals surface area contributed by atoms with E-state index in [1.807, 2.05) is 0 Å². The molecule has 9 heteroatoms. The lowest BCUT2D eigenvalue weighted by Crippen LogP contribution is -2.30. The minimum Gasteiger partial charge on any atom is -0.380 e. The predicted octanol–water partition coefficient (Wildman–Crippen LogP) is 4.64. The quantitative estimate of drug-likeness (QED) is 0.377. The second kappa shape index (κ2) is 6.17. The lowest BCUT2D eigenvalue weighted by molar-refractivity contribution is -0.0597. The Morgan fingerprint density at radius 2 is 1.90 bits per heavy atom. The number of benzene rings is 1. The Morgan fingerprint density at radius 3 is 2.40 bits per heavy atom. The minimum atomic E-state index is -4.75. The molecule has 1 rings (SSSR count). The molecule has 2 N–H and O–H groups in total. The summed E-state index contributed by atoms with van der Waals surface area (Å²) in [7, 11) is 0. The van der Waals surface area contributed by atoms with Crippen molar-refractivity contribution in [3.05, 3.63) is 23.2 Å². The fourth-order valence-electron chi connectivity index (χ4n) is 1.08. The van der Waals surface area contributed by atoms with Gasteiger partial charge in [-0.3, -0.25) is 0 Å². The fourth-order valence-corrected chi connectivity index (χ4v) is 2.18. The Labute approximate surface area is 121 Å². The smallest absolute Gasteiger partial charge is 0.380 e. The van der Waals surface area contributed by atoms with E-state index in [0.29, 0.717) is 0 Å². The Morgan fingerprint density at radius 1 is 1.30 bits per heavy atom. The van der Waals surface area contributed by atoms with Crippen LogP contribution in [0, 0.1) is 0 Å². The molecule has 0 spiro atoms. The molecule has 0 radical (unpaired) electrons. The van der Waals surface area contributed by atoms with Crippen LogP contribution < -0.4 is 5.73 Å². The Hall–Kier alpha value is -1.02. The minimum absolute atomic E-state index is 0.105. The van der Waals surface area contributed by atoms with Crippen molar-refractivity contribution in [2.24, 2.45) is 10.7 Å². The number of aliphatic imine (C=N–C) groups is 1. The van der Waals surface area contributed by atoms with Crippen molar-refractivity contribution in [3.63, 3.8) is 0 Å². The first kappa shape index (κ1) is 17.0. The van der Waals surface area contributed by atoms with Crippen molar-refractivity contribution in [1.82, 2.24) is 0 Å². The summed E-state index contributed by atoms with van der Waals surface area (Å²) in [5.41, 5.74) is 4.67. The Bertz CT molecular complexity index is 511. The summed E-state index contributed by atoms with van der Waals surface area (Å²) in [6, 6.07) is 3.67. The van der Waals surface area contributed by atoms with E-state index in [1.165, 1.54) is 18.2 Å². The zero-order valence-electron chi connectivity index (χ0n) is 10.1. The van der Waals surface area contributed by atoms with Gasteiger partial charge >= 0.3 is 6.18 Å². The number of nitrogens with zero attached hydrogens (tertiary/aromatic N) is 1. The number of halogens is 6. The summed E-state index contributed by atoms with van der Waals surface area (Å²) < 4.78 is 62.2. The van der Waals surface area contributed by atoms with E-state index in [1.54, 1.807) is 0 Å². The predicted molar refractivity (Wildman–Crippen MR) is 70.1 cm³/mol. The van der Waals surface area contributed by atoms with Crippen LogP contribution in [0.3, 0.4) is 0 Å². The molecule has 2 nitrogen and oxygen atoms in total. The Kier molecular flexibility index (Phi) is 5.26. The molecule has 0 atom stereocenters. The molecule has 0 unspecified atom stereocenters. The maximum Gasteiger partial charge on any atom is 0.448 e. The molecule has 0 aliphatic rings. The molecule has 0 aromatic heterocycles.